The number of hydrogen-bond acceptors (Lipinski definition) is 4. The normalized spacial score (nSPS) is 18.1. The van der Waals surface area contributed by atoms with E-state index in [9.17, 15) is 0 Å². The van der Waals surface area contributed by atoms with Gasteiger partial charge >= 0.3 is 0 Å². The van der Waals surface area contributed by atoms with Crippen LogP contribution in [0.3, 0.4) is 0 Å². The molecule has 144 valence electrons. The molecule has 5 rings (SSSR count). The highest BCUT2D eigenvalue weighted by Gasteiger charge is 2.23. The second-order valence-electron chi connectivity index (χ2n) is 8.16. The van der Waals surface area contributed by atoms with E-state index in [2.05, 4.69) is 52.9 Å². The molecule has 2 aromatic heterocycles. The van der Waals surface area contributed by atoms with Gasteiger partial charge in [-0.05, 0) is 35.4 Å². The highest BCUT2D eigenvalue weighted by molar-refractivity contribution is 7.10. The molecule has 0 radical (unpaired) electrons. The molecule has 1 aliphatic carbocycles. The lowest BCUT2D eigenvalue weighted by atomic mass is 9.88. The standard InChI is InChI=1S/C24H27N3S/c1-3-7-18(8-4-1)20-13-22(28-17-20)16-27-12-11-23-21(15-27)14-25-24(26-23)19-9-5-2-6-10-19/h1,3-4,7-8,13-14,17,19H,2,5-6,9-12,15-16H2. The third-order valence-electron chi connectivity index (χ3n) is 6.14. The van der Waals surface area contributed by atoms with E-state index in [0.29, 0.717) is 5.92 Å². The summed E-state index contributed by atoms with van der Waals surface area (Å²) in [7, 11) is 0. The average Bonchev–Trinajstić information content (AvgIpc) is 3.23. The zero-order valence-corrected chi connectivity index (χ0v) is 17.1. The van der Waals surface area contributed by atoms with Crippen molar-refractivity contribution in [2.24, 2.45) is 0 Å². The highest BCUT2D eigenvalue weighted by atomic mass is 32.1. The van der Waals surface area contributed by atoms with Crippen LogP contribution in [0.25, 0.3) is 11.1 Å². The highest BCUT2D eigenvalue weighted by Crippen LogP contribution is 2.32. The maximum Gasteiger partial charge on any atom is 0.131 e. The SMILES string of the molecule is c1ccc(-c2csc(CN3CCc4nc(C5CCCCC5)ncc4C3)c2)cc1. The van der Waals surface area contributed by atoms with Crippen LogP contribution in [-0.4, -0.2) is 21.4 Å². The summed E-state index contributed by atoms with van der Waals surface area (Å²) < 4.78 is 0. The predicted molar refractivity (Wildman–Crippen MR) is 115 cm³/mol. The third-order valence-corrected chi connectivity index (χ3v) is 7.06. The van der Waals surface area contributed by atoms with Gasteiger partial charge in [0.25, 0.3) is 0 Å². The van der Waals surface area contributed by atoms with Crippen LogP contribution >= 0.6 is 11.3 Å². The lowest BCUT2D eigenvalue weighted by molar-refractivity contribution is 0.244. The molecule has 0 amide bonds. The minimum Gasteiger partial charge on any atom is -0.293 e. The molecule has 0 spiro atoms. The van der Waals surface area contributed by atoms with E-state index in [-0.39, 0.29) is 0 Å². The molecule has 0 saturated heterocycles. The first-order chi connectivity index (χ1) is 13.8. The van der Waals surface area contributed by atoms with Crippen LogP contribution in [0, 0.1) is 0 Å². The Morgan fingerprint density at radius 1 is 1.04 bits per heavy atom. The van der Waals surface area contributed by atoms with Gasteiger partial charge < -0.3 is 0 Å². The second kappa shape index (κ2) is 8.14. The molecule has 1 fully saturated rings. The quantitative estimate of drug-likeness (QED) is 0.564. The molecule has 4 heteroatoms. The maximum atomic E-state index is 4.99. The molecule has 0 N–H and O–H groups in total. The molecule has 2 aliphatic rings. The smallest absolute Gasteiger partial charge is 0.131 e. The number of thiophene rings is 1. The predicted octanol–water partition coefficient (Wildman–Crippen LogP) is 5.81. The Bertz CT molecular complexity index is 928. The summed E-state index contributed by atoms with van der Waals surface area (Å²) in [5.41, 5.74) is 5.25. The van der Waals surface area contributed by atoms with E-state index in [1.165, 1.54) is 59.4 Å². The Morgan fingerprint density at radius 3 is 2.75 bits per heavy atom. The Kier molecular flexibility index (Phi) is 5.24. The van der Waals surface area contributed by atoms with E-state index in [1.807, 2.05) is 11.3 Å². The monoisotopic (exact) mass is 389 g/mol. The molecule has 0 bridgehead atoms. The number of aromatic nitrogens is 2. The van der Waals surface area contributed by atoms with Crippen molar-refractivity contribution >= 4 is 11.3 Å². The van der Waals surface area contributed by atoms with Crippen LogP contribution in [-0.2, 0) is 19.5 Å². The Morgan fingerprint density at radius 2 is 1.89 bits per heavy atom. The summed E-state index contributed by atoms with van der Waals surface area (Å²) in [4.78, 5) is 13.7. The van der Waals surface area contributed by atoms with Crippen molar-refractivity contribution in [3.8, 4) is 11.1 Å². The molecule has 3 aromatic rings. The van der Waals surface area contributed by atoms with Gasteiger partial charge in [-0.15, -0.1) is 11.3 Å². The summed E-state index contributed by atoms with van der Waals surface area (Å²) in [5.74, 6) is 1.71. The fourth-order valence-corrected chi connectivity index (χ4v) is 5.48. The Balaban J connectivity index is 1.25. The Hall–Kier alpha value is -2.04. The summed E-state index contributed by atoms with van der Waals surface area (Å²) in [6, 6.07) is 13.0. The maximum absolute atomic E-state index is 4.99. The summed E-state index contributed by atoms with van der Waals surface area (Å²) in [5, 5.41) is 2.28. The van der Waals surface area contributed by atoms with Crippen molar-refractivity contribution in [1.82, 2.24) is 14.9 Å². The van der Waals surface area contributed by atoms with Gasteiger partial charge in [0.2, 0.25) is 0 Å². The van der Waals surface area contributed by atoms with Crippen LogP contribution in [0.4, 0.5) is 0 Å². The minimum absolute atomic E-state index is 0.597. The van der Waals surface area contributed by atoms with Gasteiger partial charge in [0, 0.05) is 54.3 Å². The first-order valence-electron chi connectivity index (χ1n) is 10.5. The fourth-order valence-electron chi connectivity index (χ4n) is 4.55. The van der Waals surface area contributed by atoms with E-state index in [4.69, 9.17) is 9.97 Å². The second-order valence-corrected chi connectivity index (χ2v) is 9.16. The van der Waals surface area contributed by atoms with Gasteiger partial charge in [0.05, 0.1) is 0 Å². The van der Waals surface area contributed by atoms with Crippen LogP contribution in [0.5, 0.6) is 0 Å². The van der Waals surface area contributed by atoms with Gasteiger partial charge in [-0.2, -0.15) is 0 Å². The van der Waals surface area contributed by atoms with E-state index < -0.39 is 0 Å². The summed E-state index contributed by atoms with van der Waals surface area (Å²) in [6.07, 6.45) is 9.76. The molecule has 1 aromatic carbocycles. The molecule has 0 unspecified atom stereocenters. The van der Waals surface area contributed by atoms with Crippen molar-refractivity contribution in [3.63, 3.8) is 0 Å². The number of nitrogens with zero attached hydrogens (tertiary/aromatic N) is 3. The van der Waals surface area contributed by atoms with Crippen molar-refractivity contribution in [2.75, 3.05) is 6.54 Å². The fraction of sp³-hybridized carbons (Fsp3) is 0.417. The molecule has 0 atom stereocenters. The lowest BCUT2D eigenvalue weighted by Crippen LogP contribution is -2.31. The van der Waals surface area contributed by atoms with E-state index in [1.54, 1.807) is 0 Å². The van der Waals surface area contributed by atoms with Crippen molar-refractivity contribution < 1.29 is 0 Å². The lowest BCUT2D eigenvalue weighted by Gasteiger charge is -2.28. The number of benzene rings is 1. The molecule has 3 nitrogen and oxygen atoms in total. The van der Waals surface area contributed by atoms with Crippen molar-refractivity contribution in [2.45, 2.75) is 57.5 Å². The van der Waals surface area contributed by atoms with Gasteiger partial charge in [-0.3, -0.25) is 4.90 Å². The first-order valence-corrected chi connectivity index (χ1v) is 11.4. The van der Waals surface area contributed by atoms with Gasteiger partial charge in [-0.25, -0.2) is 9.97 Å². The summed E-state index contributed by atoms with van der Waals surface area (Å²) >= 11 is 1.87. The largest absolute Gasteiger partial charge is 0.293 e. The number of fused-ring (bicyclic) bond motifs is 1. The minimum atomic E-state index is 0.597. The molecule has 1 saturated carbocycles. The number of hydrogen-bond donors (Lipinski definition) is 0. The van der Waals surface area contributed by atoms with Crippen LogP contribution in [0.2, 0.25) is 0 Å². The van der Waals surface area contributed by atoms with E-state index >= 15 is 0 Å². The van der Waals surface area contributed by atoms with Gasteiger partial charge in [0.1, 0.15) is 5.82 Å². The van der Waals surface area contributed by atoms with Gasteiger partial charge in [0.15, 0.2) is 0 Å². The summed E-state index contributed by atoms with van der Waals surface area (Å²) in [6.45, 7) is 3.08. The van der Waals surface area contributed by atoms with Crippen LogP contribution < -0.4 is 0 Å². The van der Waals surface area contributed by atoms with Gasteiger partial charge in [-0.1, -0.05) is 49.6 Å². The molecular weight excluding hydrogens is 362 g/mol. The zero-order chi connectivity index (χ0) is 18.8. The molecular formula is C24H27N3S. The van der Waals surface area contributed by atoms with Crippen molar-refractivity contribution in [3.05, 3.63) is 69.9 Å². The molecule has 28 heavy (non-hydrogen) atoms. The first kappa shape index (κ1) is 18.0. The Labute approximate surface area is 171 Å². The van der Waals surface area contributed by atoms with Crippen LogP contribution in [0.15, 0.2) is 48.0 Å². The third kappa shape index (κ3) is 3.89. The average molecular weight is 390 g/mol. The topological polar surface area (TPSA) is 29.0 Å². The van der Waals surface area contributed by atoms with Crippen LogP contribution in [0.1, 0.15) is 60.0 Å². The number of rotatable bonds is 4. The molecule has 1 aliphatic heterocycles. The van der Waals surface area contributed by atoms with Crippen molar-refractivity contribution in [1.29, 1.82) is 0 Å². The zero-order valence-electron chi connectivity index (χ0n) is 16.3. The molecule has 3 heterocycles. The van der Waals surface area contributed by atoms with E-state index in [0.717, 1.165) is 31.9 Å².